The third-order valence-electron chi connectivity index (χ3n) is 5.36. The van der Waals surface area contributed by atoms with Crippen molar-refractivity contribution < 1.29 is 0 Å². The fourth-order valence-corrected chi connectivity index (χ4v) is 4.29. The molecule has 0 saturated carbocycles. The second-order valence-electron chi connectivity index (χ2n) is 6.72. The highest BCUT2D eigenvalue weighted by atomic mass is 14.3. The van der Waals surface area contributed by atoms with Gasteiger partial charge in [-0.3, -0.25) is 0 Å². The van der Waals surface area contributed by atoms with Crippen LogP contribution in [0.5, 0.6) is 0 Å². The third-order valence-corrected chi connectivity index (χ3v) is 5.36. The maximum Gasteiger partial charge on any atom is 0.0483 e. The molecule has 0 bridgehead atoms. The molecular weight excluding hydrogens is 300 g/mol. The zero-order valence-corrected chi connectivity index (χ0v) is 14.1. The number of terminal acetylenes is 1. The van der Waals surface area contributed by atoms with Gasteiger partial charge in [0.15, 0.2) is 0 Å². The van der Waals surface area contributed by atoms with Gasteiger partial charge in [-0.1, -0.05) is 48.2 Å². The zero-order chi connectivity index (χ0) is 17.0. The van der Waals surface area contributed by atoms with Gasteiger partial charge in [-0.25, -0.2) is 0 Å². The third kappa shape index (κ3) is 1.92. The summed E-state index contributed by atoms with van der Waals surface area (Å²) in [4.78, 5) is 0. The lowest BCUT2D eigenvalue weighted by molar-refractivity contribution is 1.21. The average molecular weight is 316 g/mol. The first kappa shape index (κ1) is 14.2. The molecule has 0 amide bonds. The Bertz CT molecular complexity index is 1160. The van der Waals surface area contributed by atoms with Crippen LogP contribution in [-0.4, -0.2) is 0 Å². The van der Waals surface area contributed by atoms with Crippen molar-refractivity contribution in [1.29, 1.82) is 0 Å². The molecule has 116 valence electrons. The molecule has 5 rings (SSSR count). The summed E-state index contributed by atoms with van der Waals surface area (Å²) in [7, 11) is 0. The number of rotatable bonds is 0. The molecule has 2 aliphatic rings. The van der Waals surface area contributed by atoms with Crippen LogP contribution in [0.3, 0.4) is 0 Å². The van der Waals surface area contributed by atoms with Gasteiger partial charge in [0.2, 0.25) is 0 Å². The molecule has 0 unspecified atom stereocenters. The summed E-state index contributed by atoms with van der Waals surface area (Å²) in [6, 6.07) is 17.7. The van der Waals surface area contributed by atoms with Crippen molar-refractivity contribution in [3.8, 4) is 46.4 Å². The Hall–Kier alpha value is -3.22. The molecule has 0 atom stereocenters. The Balaban J connectivity index is 1.80. The average Bonchev–Trinajstić information content (AvgIpc) is 3.17. The Labute approximate surface area is 148 Å². The standard InChI is InChI=1S/C25H16/c1-3-7-22-16(4-2)10-11-18-13-20-14-19-12-17-8-5-6-9-21(17)23(19)15-24(20)25(18)22/h2,5-6,8-11,14-15H,12-13H2,1H3. The van der Waals surface area contributed by atoms with Crippen LogP contribution in [0, 0.1) is 24.2 Å². The first-order valence-electron chi connectivity index (χ1n) is 8.60. The van der Waals surface area contributed by atoms with Gasteiger partial charge in [0.05, 0.1) is 0 Å². The Kier molecular flexibility index (Phi) is 2.91. The van der Waals surface area contributed by atoms with Gasteiger partial charge in [-0.05, 0) is 70.8 Å². The van der Waals surface area contributed by atoms with Crippen LogP contribution in [0.25, 0.3) is 22.3 Å². The van der Waals surface area contributed by atoms with E-state index in [9.17, 15) is 0 Å². The molecule has 25 heavy (non-hydrogen) atoms. The second kappa shape index (κ2) is 5.14. The number of fused-ring (bicyclic) bond motifs is 6. The van der Waals surface area contributed by atoms with Gasteiger partial charge in [-0.2, -0.15) is 0 Å². The summed E-state index contributed by atoms with van der Waals surface area (Å²) >= 11 is 0. The quantitative estimate of drug-likeness (QED) is 0.345. The molecule has 3 aromatic carbocycles. The Morgan fingerprint density at radius 1 is 0.800 bits per heavy atom. The number of hydrogen-bond acceptors (Lipinski definition) is 0. The van der Waals surface area contributed by atoms with Crippen LogP contribution < -0.4 is 0 Å². The summed E-state index contributed by atoms with van der Waals surface area (Å²) in [5.41, 5.74) is 12.8. The maximum atomic E-state index is 5.73. The molecule has 0 aromatic heterocycles. The van der Waals surface area contributed by atoms with Crippen molar-refractivity contribution in [1.82, 2.24) is 0 Å². The molecule has 0 spiro atoms. The van der Waals surface area contributed by atoms with E-state index in [0.717, 1.165) is 24.0 Å². The highest BCUT2D eigenvalue weighted by Crippen LogP contribution is 2.46. The summed E-state index contributed by atoms with van der Waals surface area (Å²) in [6.07, 6.45) is 7.73. The molecule has 0 aliphatic heterocycles. The van der Waals surface area contributed by atoms with Crippen molar-refractivity contribution in [3.05, 3.63) is 81.9 Å². The minimum absolute atomic E-state index is 0.891. The second-order valence-corrected chi connectivity index (χ2v) is 6.72. The van der Waals surface area contributed by atoms with Crippen LogP contribution in [0.1, 0.15) is 40.3 Å². The summed E-state index contributed by atoms with van der Waals surface area (Å²) in [5, 5.41) is 0. The molecule has 3 aromatic rings. The van der Waals surface area contributed by atoms with Gasteiger partial charge in [0.25, 0.3) is 0 Å². The van der Waals surface area contributed by atoms with Crippen LogP contribution in [0.4, 0.5) is 0 Å². The van der Waals surface area contributed by atoms with E-state index < -0.39 is 0 Å². The Morgan fingerprint density at radius 3 is 2.44 bits per heavy atom. The predicted molar refractivity (Wildman–Crippen MR) is 103 cm³/mol. The van der Waals surface area contributed by atoms with E-state index in [1.807, 2.05) is 13.0 Å². The van der Waals surface area contributed by atoms with Gasteiger partial charge in [0, 0.05) is 16.7 Å². The minimum Gasteiger partial charge on any atom is -0.115 e. The molecular formula is C25H16. The monoisotopic (exact) mass is 316 g/mol. The highest BCUT2D eigenvalue weighted by Gasteiger charge is 2.27. The van der Waals surface area contributed by atoms with Crippen molar-refractivity contribution in [2.75, 3.05) is 0 Å². The topological polar surface area (TPSA) is 0 Å². The van der Waals surface area contributed by atoms with Gasteiger partial charge in [-0.15, -0.1) is 12.3 Å². The molecule has 0 nitrogen and oxygen atoms in total. The van der Waals surface area contributed by atoms with E-state index in [4.69, 9.17) is 6.42 Å². The summed E-state index contributed by atoms with van der Waals surface area (Å²) in [5.74, 6) is 9.11. The van der Waals surface area contributed by atoms with Crippen LogP contribution >= 0.6 is 0 Å². The molecule has 2 aliphatic carbocycles. The summed E-state index contributed by atoms with van der Waals surface area (Å²) < 4.78 is 0. The predicted octanol–water partition coefficient (Wildman–Crippen LogP) is 5.18. The first-order chi connectivity index (χ1) is 12.3. The van der Waals surface area contributed by atoms with E-state index >= 15 is 0 Å². The van der Waals surface area contributed by atoms with Crippen LogP contribution in [0.15, 0.2) is 48.5 Å². The lowest BCUT2D eigenvalue weighted by Gasteiger charge is -2.09. The van der Waals surface area contributed by atoms with Crippen molar-refractivity contribution in [3.63, 3.8) is 0 Å². The van der Waals surface area contributed by atoms with Gasteiger partial charge in [0.1, 0.15) is 0 Å². The molecule has 0 N–H and O–H groups in total. The molecule has 0 saturated heterocycles. The van der Waals surface area contributed by atoms with Crippen molar-refractivity contribution >= 4 is 0 Å². The van der Waals surface area contributed by atoms with E-state index in [-0.39, 0.29) is 0 Å². The number of hydrogen-bond donors (Lipinski definition) is 0. The molecule has 0 heterocycles. The Morgan fingerprint density at radius 2 is 1.60 bits per heavy atom. The lowest BCUT2D eigenvalue weighted by Crippen LogP contribution is -1.91. The number of benzene rings is 3. The molecule has 0 heteroatoms. The van der Waals surface area contributed by atoms with E-state index in [1.54, 1.807) is 0 Å². The SMILES string of the molecule is C#Cc1ccc2c(c1C#CC)-c1cc3c(cc1C2)Cc1ccccc1-3. The van der Waals surface area contributed by atoms with Crippen molar-refractivity contribution in [2.45, 2.75) is 19.8 Å². The molecule has 0 fully saturated rings. The van der Waals surface area contributed by atoms with Crippen molar-refractivity contribution in [2.24, 2.45) is 0 Å². The normalized spacial score (nSPS) is 12.3. The van der Waals surface area contributed by atoms with Crippen LogP contribution in [0.2, 0.25) is 0 Å². The maximum absolute atomic E-state index is 5.73. The zero-order valence-electron chi connectivity index (χ0n) is 14.1. The summed E-state index contributed by atoms with van der Waals surface area (Å²) in [6.45, 7) is 1.87. The smallest absolute Gasteiger partial charge is 0.0483 e. The van der Waals surface area contributed by atoms with Gasteiger partial charge >= 0.3 is 0 Å². The lowest BCUT2D eigenvalue weighted by atomic mass is 9.93. The van der Waals surface area contributed by atoms with E-state index in [0.29, 0.717) is 0 Å². The fraction of sp³-hybridized carbons (Fsp3) is 0.120. The van der Waals surface area contributed by atoms with E-state index in [2.05, 4.69) is 60.2 Å². The van der Waals surface area contributed by atoms with Gasteiger partial charge < -0.3 is 0 Å². The highest BCUT2D eigenvalue weighted by molar-refractivity contribution is 5.89. The van der Waals surface area contributed by atoms with E-state index in [1.165, 1.54) is 44.5 Å². The molecule has 0 radical (unpaired) electrons. The minimum atomic E-state index is 0.891. The first-order valence-corrected chi connectivity index (χ1v) is 8.60. The van der Waals surface area contributed by atoms with Crippen LogP contribution in [-0.2, 0) is 12.8 Å². The fourth-order valence-electron chi connectivity index (χ4n) is 4.29. The largest absolute Gasteiger partial charge is 0.115 e.